The highest BCUT2D eigenvalue weighted by Gasteiger charge is 2.56. The predicted octanol–water partition coefficient (Wildman–Crippen LogP) is 3.14. The Bertz CT molecular complexity index is 1100. The Morgan fingerprint density at radius 2 is 1.69 bits per heavy atom. The molecular formula is C25H26F3N3O4. The van der Waals surface area contributed by atoms with Gasteiger partial charge in [0.2, 0.25) is 0 Å². The average molecular weight is 489 g/mol. The molecule has 2 aromatic rings. The molecule has 1 atom stereocenters. The maximum atomic E-state index is 14.1. The minimum atomic E-state index is -1.29. The van der Waals surface area contributed by atoms with Gasteiger partial charge in [-0.25, -0.2) is 18.0 Å². The average Bonchev–Trinajstić information content (AvgIpc) is 3.08. The molecule has 0 saturated carbocycles. The quantitative estimate of drug-likeness (QED) is 0.607. The van der Waals surface area contributed by atoms with Crippen molar-refractivity contribution in [2.45, 2.75) is 24.8 Å². The summed E-state index contributed by atoms with van der Waals surface area (Å²) < 4.78 is 46.7. The maximum absolute atomic E-state index is 14.1. The highest BCUT2D eigenvalue weighted by Crippen LogP contribution is 2.37. The molecule has 2 heterocycles. The number of nitrogens with one attached hydrogen (secondary N) is 1. The van der Waals surface area contributed by atoms with Crippen LogP contribution < -0.4 is 5.32 Å². The van der Waals surface area contributed by atoms with Crippen LogP contribution in [0.2, 0.25) is 0 Å². The van der Waals surface area contributed by atoms with E-state index in [1.54, 1.807) is 12.1 Å². The minimum absolute atomic E-state index is 0.0796. The van der Waals surface area contributed by atoms with Gasteiger partial charge in [0.25, 0.3) is 11.8 Å². The summed E-state index contributed by atoms with van der Waals surface area (Å²) in [6, 6.07) is 8.41. The van der Waals surface area contributed by atoms with Crippen LogP contribution in [-0.2, 0) is 16.0 Å². The number of methoxy groups -OCH3 is 1. The smallest absolute Gasteiger partial charge is 0.325 e. The Morgan fingerprint density at radius 1 is 1.06 bits per heavy atom. The van der Waals surface area contributed by atoms with E-state index in [4.69, 9.17) is 4.74 Å². The number of likely N-dealkylation sites (tertiary alicyclic amines) is 1. The zero-order valence-electron chi connectivity index (χ0n) is 19.2. The van der Waals surface area contributed by atoms with E-state index in [2.05, 4.69) is 5.32 Å². The molecule has 0 aliphatic carbocycles. The summed E-state index contributed by atoms with van der Waals surface area (Å²) in [5.74, 6) is -3.80. The molecule has 4 rings (SSSR count). The van der Waals surface area contributed by atoms with Crippen LogP contribution in [0.1, 0.15) is 28.8 Å². The Balaban J connectivity index is 1.57. The van der Waals surface area contributed by atoms with E-state index in [9.17, 15) is 27.6 Å². The second-order valence-electron chi connectivity index (χ2n) is 8.82. The highest BCUT2D eigenvalue weighted by molar-refractivity contribution is 6.07. The maximum Gasteiger partial charge on any atom is 0.325 e. The second kappa shape index (κ2) is 10.1. The lowest BCUT2D eigenvalue weighted by Gasteiger charge is -2.41. The molecule has 4 amide bonds. The third-order valence-electron chi connectivity index (χ3n) is 6.77. The van der Waals surface area contributed by atoms with E-state index in [0.717, 1.165) is 17.0 Å². The lowest BCUT2D eigenvalue weighted by molar-refractivity contribution is -0.134. The minimum Gasteiger partial charge on any atom is -0.383 e. The third kappa shape index (κ3) is 4.75. The first-order valence-electron chi connectivity index (χ1n) is 11.4. The van der Waals surface area contributed by atoms with Crippen LogP contribution >= 0.6 is 0 Å². The summed E-state index contributed by atoms with van der Waals surface area (Å²) in [6.07, 6.45) is 0.794. The monoisotopic (exact) mass is 489 g/mol. The molecule has 1 unspecified atom stereocenters. The highest BCUT2D eigenvalue weighted by atomic mass is 19.1. The van der Waals surface area contributed by atoms with E-state index >= 15 is 0 Å². The van der Waals surface area contributed by atoms with Crippen LogP contribution in [0.3, 0.4) is 0 Å². The first-order valence-corrected chi connectivity index (χ1v) is 11.4. The van der Waals surface area contributed by atoms with E-state index < -0.39 is 46.4 Å². The van der Waals surface area contributed by atoms with Gasteiger partial charge in [0.1, 0.15) is 28.6 Å². The molecule has 7 nitrogen and oxygen atoms in total. The van der Waals surface area contributed by atoms with Crippen molar-refractivity contribution in [3.8, 4) is 0 Å². The van der Waals surface area contributed by atoms with Gasteiger partial charge >= 0.3 is 6.03 Å². The van der Waals surface area contributed by atoms with Crippen molar-refractivity contribution < 1.29 is 32.3 Å². The summed E-state index contributed by atoms with van der Waals surface area (Å²) in [4.78, 5) is 41.6. The molecule has 1 N–H and O–H groups in total. The van der Waals surface area contributed by atoms with E-state index in [1.807, 2.05) is 0 Å². The van der Waals surface area contributed by atoms with E-state index in [1.165, 1.54) is 30.2 Å². The zero-order valence-corrected chi connectivity index (χ0v) is 19.2. The fourth-order valence-corrected chi connectivity index (χ4v) is 4.93. The topological polar surface area (TPSA) is 79.0 Å². The van der Waals surface area contributed by atoms with E-state index in [0.29, 0.717) is 18.4 Å². The lowest BCUT2D eigenvalue weighted by Crippen LogP contribution is -2.58. The molecule has 2 aliphatic heterocycles. The molecule has 186 valence electrons. The number of carbonyl (C=O) groups excluding carboxylic acids is 3. The fourth-order valence-electron chi connectivity index (χ4n) is 4.93. The van der Waals surface area contributed by atoms with Crippen LogP contribution in [0, 0.1) is 23.4 Å². The molecule has 0 aromatic heterocycles. The number of carbonyl (C=O) groups is 3. The normalized spacial score (nSPS) is 20.9. The predicted molar refractivity (Wildman–Crippen MR) is 120 cm³/mol. The number of amides is 4. The van der Waals surface area contributed by atoms with Gasteiger partial charge in [0.05, 0.1) is 13.2 Å². The SMILES string of the molecule is COCCN1C(=O)NC(Cc2ccc(F)cc2)(C2CCN(C(=O)c3c(F)cccc3F)CC2)C1=O. The summed E-state index contributed by atoms with van der Waals surface area (Å²) >= 11 is 0. The fraction of sp³-hybridized carbons (Fsp3) is 0.400. The molecular weight excluding hydrogens is 463 g/mol. The Kier molecular flexibility index (Phi) is 7.11. The van der Waals surface area contributed by atoms with Gasteiger partial charge in [0, 0.05) is 26.6 Å². The molecule has 35 heavy (non-hydrogen) atoms. The zero-order chi connectivity index (χ0) is 25.2. The molecule has 0 radical (unpaired) electrons. The molecule has 2 saturated heterocycles. The van der Waals surface area contributed by atoms with Crippen molar-refractivity contribution in [3.05, 3.63) is 71.0 Å². The number of benzene rings is 2. The first-order chi connectivity index (χ1) is 16.8. The third-order valence-corrected chi connectivity index (χ3v) is 6.77. The molecule has 2 fully saturated rings. The number of halogens is 3. The number of ether oxygens (including phenoxy) is 1. The van der Waals surface area contributed by atoms with Crippen LogP contribution in [-0.4, -0.2) is 66.5 Å². The largest absolute Gasteiger partial charge is 0.383 e. The van der Waals surface area contributed by atoms with Gasteiger partial charge in [-0.1, -0.05) is 18.2 Å². The molecule has 2 aromatic carbocycles. The van der Waals surface area contributed by atoms with Crippen LogP contribution in [0.4, 0.5) is 18.0 Å². The number of piperidine rings is 1. The van der Waals surface area contributed by atoms with Crippen LogP contribution in [0.25, 0.3) is 0 Å². The standard InChI is InChI=1S/C25H26F3N3O4/c1-35-14-13-31-23(33)25(29-24(31)34,15-16-5-7-18(26)8-6-16)17-9-11-30(12-10-17)22(32)21-19(27)3-2-4-20(21)28/h2-8,17H,9-15H2,1H3,(H,29,34). The van der Waals surface area contributed by atoms with Gasteiger partial charge < -0.3 is 15.0 Å². The van der Waals surface area contributed by atoms with Crippen LogP contribution in [0.5, 0.6) is 0 Å². The van der Waals surface area contributed by atoms with Crippen molar-refractivity contribution in [2.24, 2.45) is 5.92 Å². The summed E-state index contributed by atoms with van der Waals surface area (Å²) in [6.45, 7) is 0.566. The number of urea groups is 1. The summed E-state index contributed by atoms with van der Waals surface area (Å²) in [5.41, 5.74) is -1.23. The molecule has 0 bridgehead atoms. The second-order valence-corrected chi connectivity index (χ2v) is 8.82. The van der Waals surface area contributed by atoms with Crippen molar-refractivity contribution in [1.82, 2.24) is 15.1 Å². The van der Waals surface area contributed by atoms with Crippen molar-refractivity contribution in [3.63, 3.8) is 0 Å². The number of hydrogen-bond donors (Lipinski definition) is 1. The molecule has 10 heteroatoms. The van der Waals surface area contributed by atoms with Gasteiger partial charge in [-0.3, -0.25) is 14.5 Å². The molecule has 2 aliphatic rings. The van der Waals surface area contributed by atoms with E-state index in [-0.39, 0.29) is 38.6 Å². The number of rotatable bonds is 7. The lowest BCUT2D eigenvalue weighted by atomic mass is 9.73. The Labute approximate surface area is 200 Å². The Hall–Kier alpha value is -3.40. The first kappa shape index (κ1) is 24.7. The number of imide groups is 1. The summed E-state index contributed by atoms with van der Waals surface area (Å²) in [5, 5.41) is 2.87. The van der Waals surface area contributed by atoms with Gasteiger partial charge in [-0.15, -0.1) is 0 Å². The van der Waals surface area contributed by atoms with Crippen LogP contribution in [0.15, 0.2) is 42.5 Å². The summed E-state index contributed by atoms with van der Waals surface area (Å²) in [7, 11) is 1.47. The van der Waals surface area contributed by atoms with Gasteiger partial charge in [-0.05, 0) is 48.6 Å². The van der Waals surface area contributed by atoms with Gasteiger partial charge in [0.15, 0.2) is 0 Å². The number of hydrogen-bond acceptors (Lipinski definition) is 4. The molecule has 0 spiro atoms. The van der Waals surface area contributed by atoms with Crippen molar-refractivity contribution in [2.75, 3.05) is 33.4 Å². The van der Waals surface area contributed by atoms with Crippen molar-refractivity contribution >= 4 is 17.8 Å². The van der Waals surface area contributed by atoms with Gasteiger partial charge in [-0.2, -0.15) is 0 Å². The number of nitrogens with zero attached hydrogens (tertiary/aromatic N) is 2. The Morgan fingerprint density at radius 3 is 2.29 bits per heavy atom. The van der Waals surface area contributed by atoms with Crippen molar-refractivity contribution in [1.29, 1.82) is 0 Å².